The first-order chi connectivity index (χ1) is 9.72. The van der Waals surface area contributed by atoms with Gasteiger partial charge in [0.05, 0.1) is 20.8 Å². The van der Waals surface area contributed by atoms with E-state index in [0.717, 1.165) is 18.7 Å². The number of rotatable bonds is 6. The van der Waals surface area contributed by atoms with Crippen molar-refractivity contribution in [3.05, 3.63) is 23.8 Å². The van der Waals surface area contributed by atoms with Gasteiger partial charge in [0, 0.05) is 6.54 Å². The molecule has 1 aromatic rings. The number of carbonyl (C=O) groups is 1. The fourth-order valence-corrected chi connectivity index (χ4v) is 2.39. The van der Waals surface area contributed by atoms with E-state index in [1.54, 1.807) is 14.2 Å². The summed E-state index contributed by atoms with van der Waals surface area (Å²) in [5, 5.41) is 2.94. The Morgan fingerprint density at radius 2 is 1.90 bits per heavy atom. The van der Waals surface area contributed by atoms with Gasteiger partial charge in [-0.1, -0.05) is 6.07 Å². The van der Waals surface area contributed by atoms with E-state index in [1.165, 1.54) is 12.8 Å². The third-order valence-corrected chi connectivity index (χ3v) is 3.50. The average molecular weight is 278 g/mol. The molecule has 0 radical (unpaired) electrons. The highest BCUT2D eigenvalue weighted by Crippen LogP contribution is 2.27. The van der Waals surface area contributed by atoms with Crippen LogP contribution in [0.25, 0.3) is 0 Å². The van der Waals surface area contributed by atoms with E-state index in [-0.39, 0.29) is 5.91 Å². The Hall–Kier alpha value is -1.75. The molecule has 5 nitrogen and oxygen atoms in total. The maximum Gasteiger partial charge on any atom is 0.234 e. The van der Waals surface area contributed by atoms with Crippen LogP contribution in [0, 0.1) is 0 Å². The Morgan fingerprint density at radius 3 is 2.55 bits per heavy atom. The molecule has 1 saturated heterocycles. The molecule has 0 aromatic heterocycles. The average Bonchev–Trinajstić information content (AvgIpc) is 2.97. The first-order valence-electron chi connectivity index (χ1n) is 6.93. The van der Waals surface area contributed by atoms with Crippen LogP contribution < -0.4 is 14.8 Å². The van der Waals surface area contributed by atoms with Crippen molar-refractivity contribution in [3.63, 3.8) is 0 Å². The summed E-state index contributed by atoms with van der Waals surface area (Å²) in [5.74, 6) is 1.44. The predicted octanol–water partition coefficient (Wildman–Crippen LogP) is 1.42. The van der Waals surface area contributed by atoms with Crippen LogP contribution >= 0.6 is 0 Å². The van der Waals surface area contributed by atoms with Gasteiger partial charge in [0.25, 0.3) is 0 Å². The van der Waals surface area contributed by atoms with E-state index in [1.807, 2.05) is 18.2 Å². The zero-order valence-electron chi connectivity index (χ0n) is 12.1. The molecule has 2 rings (SSSR count). The highest BCUT2D eigenvalue weighted by atomic mass is 16.5. The minimum atomic E-state index is 0.0710. The summed E-state index contributed by atoms with van der Waals surface area (Å²) in [6.45, 7) is 3.06. The van der Waals surface area contributed by atoms with Crippen LogP contribution in [0.1, 0.15) is 18.4 Å². The number of hydrogen-bond donors (Lipinski definition) is 1. The Labute approximate surface area is 119 Å². The summed E-state index contributed by atoms with van der Waals surface area (Å²) >= 11 is 0. The molecule has 1 N–H and O–H groups in total. The molecule has 0 unspecified atom stereocenters. The lowest BCUT2D eigenvalue weighted by Crippen LogP contribution is -2.35. The molecule has 1 amide bonds. The van der Waals surface area contributed by atoms with Crippen molar-refractivity contribution >= 4 is 5.91 Å². The Kier molecular flexibility index (Phi) is 5.24. The number of likely N-dealkylation sites (tertiary alicyclic amines) is 1. The van der Waals surface area contributed by atoms with Gasteiger partial charge in [-0.3, -0.25) is 9.69 Å². The first-order valence-corrected chi connectivity index (χ1v) is 6.93. The minimum absolute atomic E-state index is 0.0710. The molecule has 0 aliphatic carbocycles. The van der Waals surface area contributed by atoms with Crippen molar-refractivity contribution in [2.24, 2.45) is 0 Å². The van der Waals surface area contributed by atoms with Crippen LogP contribution in [-0.4, -0.2) is 44.7 Å². The van der Waals surface area contributed by atoms with Crippen molar-refractivity contribution in [1.29, 1.82) is 0 Å². The molecule has 110 valence electrons. The normalized spacial score (nSPS) is 15.1. The molecule has 5 heteroatoms. The van der Waals surface area contributed by atoms with Gasteiger partial charge in [-0.2, -0.15) is 0 Å². The molecule has 0 spiro atoms. The number of nitrogens with zero attached hydrogens (tertiary/aromatic N) is 1. The second-order valence-electron chi connectivity index (χ2n) is 4.95. The molecule has 0 bridgehead atoms. The van der Waals surface area contributed by atoms with E-state index in [9.17, 15) is 4.79 Å². The summed E-state index contributed by atoms with van der Waals surface area (Å²) in [6.07, 6.45) is 2.39. The summed E-state index contributed by atoms with van der Waals surface area (Å²) in [7, 11) is 3.21. The Balaban J connectivity index is 1.85. The van der Waals surface area contributed by atoms with Crippen molar-refractivity contribution in [2.45, 2.75) is 19.4 Å². The first kappa shape index (κ1) is 14.7. The number of ether oxygens (including phenoxy) is 2. The van der Waals surface area contributed by atoms with Crippen LogP contribution in [0.5, 0.6) is 11.5 Å². The van der Waals surface area contributed by atoms with E-state index in [0.29, 0.717) is 24.6 Å². The van der Waals surface area contributed by atoms with Crippen molar-refractivity contribution in [1.82, 2.24) is 10.2 Å². The third kappa shape index (κ3) is 3.87. The maximum atomic E-state index is 11.8. The molecule has 0 saturated carbocycles. The SMILES string of the molecule is COc1ccc(CNC(=O)CN2CCCC2)cc1OC. The van der Waals surface area contributed by atoms with Crippen LogP contribution in [-0.2, 0) is 11.3 Å². The van der Waals surface area contributed by atoms with Gasteiger partial charge in [0.2, 0.25) is 5.91 Å². The molecule has 1 aromatic carbocycles. The fraction of sp³-hybridized carbons (Fsp3) is 0.533. The van der Waals surface area contributed by atoms with E-state index in [4.69, 9.17) is 9.47 Å². The van der Waals surface area contributed by atoms with E-state index >= 15 is 0 Å². The Morgan fingerprint density at radius 1 is 1.20 bits per heavy atom. The van der Waals surface area contributed by atoms with Crippen LogP contribution in [0.2, 0.25) is 0 Å². The summed E-state index contributed by atoms with van der Waals surface area (Å²) < 4.78 is 10.4. The van der Waals surface area contributed by atoms with Gasteiger partial charge in [-0.25, -0.2) is 0 Å². The third-order valence-electron chi connectivity index (χ3n) is 3.50. The second-order valence-corrected chi connectivity index (χ2v) is 4.95. The summed E-state index contributed by atoms with van der Waals surface area (Å²) in [4.78, 5) is 14.0. The number of benzene rings is 1. The lowest BCUT2D eigenvalue weighted by Gasteiger charge is -2.14. The van der Waals surface area contributed by atoms with Crippen LogP contribution in [0.3, 0.4) is 0 Å². The van der Waals surface area contributed by atoms with E-state index in [2.05, 4.69) is 10.2 Å². The molecular formula is C15H22N2O3. The topological polar surface area (TPSA) is 50.8 Å². The van der Waals surface area contributed by atoms with Gasteiger partial charge >= 0.3 is 0 Å². The molecule has 1 heterocycles. The highest BCUT2D eigenvalue weighted by molar-refractivity contribution is 5.78. The lowest BCUT2D eigenvalue weighted by atomic mass is 10.2. The van der Waals surface area contributed by atoms with Crippen molar-refractivity contribution < 1.29 is 14.3 Å². The largest absolute Gasteiger partial charge is 0.493 e. The zero-order valence-corrected chi connectivity index (χ0v) is 12.1. The van der Waals surface area contributed by atoms with Crippen LogP contribution in [0.4, 0.5) is 0 Å². The number of nitrogens with one attached hydrogen (secondary N) is 1. The predicted molar refractivity (Wildman–Crippen MR) is 77.1 cm³/mol. The number of amides is 1. The maximum absolute atomic E-state index is 11.8. The molecular weight excluding hydrogens is 256 g/mol. The van der Waals surface area contributed by atoms with Gasteiger partial charge in [-0.15, -0.1) is 0 Å². The molecule has 20 heavy (non-hydrogen) atoms. The molecule has 1 fully saturated rings. The van der Waals surface area contributed by atoms with E-state index < -0.39 is 0 Å². The van der Waals surface area contributed by atoms with Crippen LogP contribution in [0.15, 0.2) is 18.2 Å². The van der Waals surface area contributed by atoms with Crippen molar-refractivity contribution in [2.75, 3.05) is 33.9 Å². The highest BCUT2D eigenvalue weighted by Gasteiger charge is 2.14. The molecule has 0 atom stereocenters. The monoisotopic (exact) mass is 278 g/mol. The number of methoxy groups -OCH3 is 2. The van der Waals surface area contributed by atoms with Crippen molar-refractivity contribution in [3.8, 4) is 11.5 Å². The van der Waals surface area contributed by atoms with Gasteiger partial charge in [-0.05, 0) is 43.6 Å². The van der Waals surface area contributed by atoms with Gasteiger partial charge in [0.1, 0.15) is 0 Å². The number of hydrogen-bond acceptors (Lipinski definition) is 4. The number of carbonyl (C=O) groups excluding carboxylic acids is 1. The fourth-order valence-electron chi connectivity index (χ4n) is 2.39. The quantitative estimate of drug-likeness (QED) is 0.855. The van der Waals surface area contributed by atoms with Gasteiger partial charge in [0.15, 0.2) is 11.5 Å². The molecule has 1 aliphatic rings. The Bertz CT molecular complexity index is 456. The second kappa shape index (κ2) is 7.14. The van der Waals surface area contributed by atoms with Gasteiger partial charge < -0.3 is 14.8 Å². The summed E-state index contributed by atoms with van der Waals surface area (Å²) in [5.41, 5.74) is 0.998. The zero-order chi connectivity index (χ0) is 14.4. The standard InChI is InChI=1S/C15H22N2O3/c1-19-13-6-5-12(9-14(13)20-2)10-16-15(18)11-17-7-3-4-8-17/h5-6,9H,3-4,7-8,10-11H2,1-2H3,(H,16,18). The molecule has 1 aliphatic heterocycles. The summed E-state index contributed by atoms with van der Waals surface area (Å²) in [6, 6.07) is 5.66. The minimum Gasteiger partial charge on any atom is -0.493 e. The lowest BCUT2D eigenvalue weighted by molar-refractivity contribution is -0.122. The smallest absolute Gasteiger partial charge is 0.234 e.